The number of rotatable bonds is 4. The van der Waals surface area contributed by atoms with Gasteiger partial charge in [0, 0.05) is 5.92 Å². The molecule has 1 atom stereocenters. The summed E-state index contributed by atoms with van der Waals surface area (Å²) >= 11 is 6.32. The number of halogens is 1. The molecule has 1 aliphatic carbocycles. The molecule has 120 valence electrons. The van der Waals surface area contributed by atoms with Gasteiger partial charge < -0.3 is 9.47 Å². The van der Waals surface area contributed by atoms with Crippen LogP contribution in [-0.4, -0.2) is 19.0 Å². The summed E-state index contributed by atoms with van der Waals surface area (Å²) in [5.74, 6) is 1.48. The van der Waals surface area contributed by atoms with Gasteiger partial charge in [-0.25, -0.2) is 0 Å². The number of methoxy groups -OCH3 is 1. The van der Waals surface area contributed by atoms with Crippen LogP contribution >= 0.6 is 11.6 Å². The van der Waals surface area contributed by atoms with Gasteiger partial charge >= 0.3 is 0 Å². The Balaban J connectivity index is 2.36. The summed E-state index contributed by atoms with van der Waals surface area (Å²) in [6, 6.07) is 3.69. The highest BCUT2D eigenvalue weighted by Gasteiger charge is 2.22. The second-order valence-corrected chi connectivity index (χ2v) is 6.44. The fourth-order valence-electron chi connectivity index (χ4n) is 2.69. The van der Waals surface area contributed by atoms with Gasteiger partial charge in [-0.15, -0.1) is 0 Å². The maximum Gasteiger partial charge on any atom is 0.180 e. The lowest BCUT2D eigenvalue weighted by Crippen LogP contribution is -2.18. The van der Waals surface area contributed by atoms with E-state index in [0.29, 0.717) is 16.5 Å². The van der Waals surface area contributed by atoms with E-state index < -0.39 is 0 Å². The van der Waals surface area contributed by atoms with E-state index in [1.807, 2.05) is 39.0 Å². The number of allylic oxidation sites excluding steroid dienone is 1. The molecule has 22 heavy (non-hydrogen) atoms. The molecule has 4 heteroatoms. The fourth-order valence-corrected chi connectivity index (χ4v) is 2.95. The lowest BCUT2D eigenvalue weighted by molar-refractivity contribution is -0.119. The van der Waals surface area contributed by atoms with Gasteiger partial charge in [-0.05, 0) is 62.5 Å². The molecule has 1 aliphatic rings. The zero-order valence-corrected chi connectivity index (χ0v) is 14.4. The lowest BCUT2D eigenvalue weighted by Gasteiger charge is -2.20. The van der Waals surface area contributed by atoms with Gasteiger partial charge in [0.15, 0.2) is 17.3 Å². The first kappa shape index (κ1) is 16.9. The molecular weight excluding hydrogens is 300 g/mol. The smallest absolute Gasteiger partial charge is 0.180 e. The minimum Gasteiger partial charge on any atom is -0.493 e. The van der Waals surface area contributed by atoms with Crippen molar-refractivity contribution in [3.63, 3.8) is 0 Å². The number of carbonyl (C=O) groups is 1. The Labute approximate surface area is 137 Å². The number of Topliss-reactive ketones (excluding diaryl/α,β-unsaturated/α-hetero) is 1. The molecule has 1 aromatic rings. The van der Waals surface area contributed by atoms with Crippen molar-refractivity contribution in [3.05, 3.63) is 28.3 Å². The van der Waals surface area contributed by atoms with E-state index in [2.05, 4.69) is 0 Å². The maximum absolute atomic E-state index is 12.2. The number of ketones is 1. The Kier molecular flexibility index (Phi) is 5.52. The highest BCUT2D eigenvalue weighted by Crippen LogP contribution is 2.38. The van der Waals surface area contributed by atoms with E-state index >= 15 is 0 Å². The van der Waals surface area contributed by atoms with Crippen LogP contribution in [0.15, 0.2) is 17.7 Å². The summed E-state index contributed by atoms with van der Waals surface area (Å²) in [5, 5.41) is 0.496. The van der Waals surface area contributed by atoms with Crippen molar-refractivity contribution in [1.29, 1.82) is 0 Å². The Bertz CT molecular complexity index is 590. The topological polar surface area (TPSA) is 35.5 Å². The number of ether oxygens (including phenoxy) is 2. The van der Waals surface area contributed by atoms with Crippen LogP contribution in [-0.2, 0) is 4.79 Å². The highest BCUT2D eigenvalue weighted by atomic mass is 35.5. The van der Waals surface area contributed by atoms with E-state index in [4.69, 9.17) is 21.1 Å². The van der Waals surface area contributed by atoms with Crippen molar-refractivity contribution in [2.24, 2.45) is 5.92 Å². The van der Waals surface area contributed by atoms with Crippen molar-refractivity contribution >= 4 is 23.5 Å². The highest BCUT2D eigenvalue weighted by molar-refractivity contribution is 6.32. The Morgan fingerprint density at radius 2 is 2.09 bits per heavy atom. The van der Waals surface area contributed by atoms with Crippen LogP contribution in [0.2, 0.25) is 5.02 Å². The molecule has 1 fully saturated rings. The average Bonchev–Trinajstić information content (AvgIpc) is 2.46. The van der Waals surface area contributed by atoms with Crippen molar-refractivity contribution in [1.82, 2.24) is 0 Å². The molecule has 1 saturated carbocycles. The van der Waals surface area contributed by atoms with Gasteiger partial charge in [-0.2, -0.15) is 0 Å². The van der Waals surface area contributed by atoms with Crippen LogP contribution in [0.1, 0.15) is 45.6 Å². The molecule has 0 bridgehead atoms. The van der Waals surface area contributed by atoms with Gasteiger partial charge in [0.2, 0.25) is 0 Å². The molecule has 3 nitrogen and oxygen atoms in total. The maximum atomic E-state index is 12.2. The quantitative estimate of drug-likeness (QED) is 0.739. The van der Waals surface area contributed by atoms with E-state index in [-0.39, 0.29) is 17.8 Å². The summed E-state index contributed by atoms with van der Waals surface area (Å²) < 4.78 is 11.1. The Morgan fingerprint density at radius 1 is 1.36 bits per heavy atom. The summed E-state index contributed by atoms with van der Waals surface area (Å²) in [5.41, 5.74) is 1.74. The zero-order chi connectivity index (χ0) is 16.3. The first-order valence-electron chi connectivity index (χ1n) is 7.71. The van der Waals surface area contributed by atoms with Gasteiger partial charge in [-0.3, -0.25) is 4.79 Å². The molecule has 2 rings (SSSR count). The second-order valence-electron chi connectivity index (χ2n) is 6.03. The van der Waals surface area contributed by atoms with Crippen molar-refractivity contribution in [2.75, 3.05) is 7.11 Å². The molecule has 0 amide bonds. The third-order valence-corrected chi connectivity index (χ3v) is 4.07. The summed E-state index contributed by atoms with van der Waals surface area (Å²) in [6.45, 7) is 5.87. The van der Waals surface area contributed by atoms with Gasteiger partial charge in [-0.1, -0.05) is 18.5 Å². The first-order chi connectivity index (χ1) is 10.4. The summed E-state index contributed by atoms with van der Waals surface area (Å²) in [7, 11) is 1.59. The van der Waals surface area contributed by atoms with Crippen LogP contribution in [0.4, 0.5) is 0 Å². The van der Waals surface area contributed by atoms with E-state index in [1.165, 1.54) is 0 Å². The van der Waals surface area contributed by atoms with Crippen LogP contribution in [0.5, 0.6) is 11.5 Å². The van der Waals surface area contributed by atoms with Crippen molar-refractivity contribution in [3.8, 4) is 11.5 Å². The number of hydrogen-bond acceptors (Lipinski definition) is 3. The van der Waals surface area contributed by atoms with Crippen LogP contribution < -0.4 is 9.47 Å². The van der Waals surface area contributed by atoms with Crippen molar-refractivity contribution in [2.45, 2.75) is 46.1 Å². The standard InChI is InChI=1S/C18H23ClO3/c1-11(2)22-18-15(19)9-13(10-16(18)21-4)8-14-7-5-6-12(3)17(14)20/h8-12H,5-7H2,1-4H3/b14-8+/t12-/m0/s1. The summed E-state index contributed by atoms with van der Waals surface area (Å²) in [4.78, 5) is 12.2. The normalized spacial score (nSPS) is 20.5. The average molecular weight is 323 g/mol. The van der Waals surface area contributed by atoms with Gasteiger partial charge in [0.25, 0.3) is 0 Å². The predicted molar refractivity (Wildman–Crippen MR) is 89.8 cm³/mol. The second kappa shape index (κ2) is 7.19. The first-order valence-corrected chi connectivity index (χ1v) is 8.09. The molecule has 0 heterocycles. The minimum atomic E-state index is 0.0105. The van der Waals surface area contributed by atoms with Gasteiger partial charge in [0.05, 0.1) is 18.2 Å². The number of carbonyl (C=O) groups excluding carboxylic acids is 1. The van der Waals surface area contributed by atoms with Gasteiger partial charge in [0.1, 0.15) is 0 Å². The molecule has 0 N–H and O–H groups in total. The molecule has 0 saturated heterocycles. The molecule has 0 aliphatic heterocycles. The zero-order valence-electron chi connectivity index (χ0n) is 13.6. The van der Waals surface area contributed by atoms with Crippen molar-refractivity contribution < 1.29 is 14.3 Å². The van der Waals surface area contributed by atoms with Crippen LogP contribution in [0, 0.1) is 5.92 Å². The lowest BCUT2D eigenvalue weighted by atomic mass is 9.84. The largest absolute Gasteiger partial charge is 0.493 e. The van der Waals surface area contributed by atoms with E-state index in [9.17, 15) is 4.79 Å². The molecule has 0 spiro atoms. The third-order valence-electron chi connectivity index (χ3n) is 3.79. The molecule has 0 unspecified atom stereocenters. The molecular formula is C18H23ClO3. The summed E-state index contributed by atoms with van der Waals surface area (Å²) in [6.07, 6.45) is 4.79. The van der Waals surface area contributed by atoms with Crippen LogP contribution in [0.25, 0.3) is 6.08 Å². The Hall–Kier alpha value is -1.48. The number of benzene rings is 1. The predicted octanol–water partition coefficient (Wildman–Crippen LogP) is 4.91. The van der Waals surface area contributed by atoms with E-state index in [0.717, 1.165) is 30.4 Å². The Morgan fingerprint density at radius 3 is 2.73 bits per heavy atom. The fraction of sp³-hybridized carbons (Fsp3) is 0.500. The van der Waals surface area contributed by atoms with E-state index in [1.54, 1.807) is 7.11 Å². The minimum absolute atomic E-state index is 0.0105. The third kappa shape index (κ3) is 3.83. The molecule has 0 aromatic heterocycles. The number of hydrogen-bond donors (Lipinski definition) is 0. The molecule has 1 aromatic carbocycles. The van der Waals surface area contributed by atoms with Crippen LogP contribution in [0.3, 0.4) is 0 Å². The molecule has 0 radical (unpaired) electrons. The monoisotopic (exact) mass is 322 g/mol. The SMILES string of the molecule is COc1cc(/C=C2\CCC[C@H](C)C2=O)cc(Cl)c1OC(C)C.